The first kappa shape index (κ1) is 12.7. The molecule has 0 unspecified atom stereocenters. The molecule has 5 heteroatoms. The molecule has 1 aromatic heterocycles. The molecule has 0 aliphatic rings. The summed E-state index contributed by atoms with van der Waals surface area (Å²) in [5.41, 5.74) is 0. The van der Waals surface area contributed by atoms with Gasteiger partial charge in [0.15, 0.2) is 0 Å². The van der Waals surface area contributed by atoms with E-state index in [1.54, 1.807) is 16.9 Å². The SMILES string of the molecule is CC(C)n1nccc1NC(=O)CCCCO. The lowest BCUT2D eigenvalue weighted by molar-refractivity contribution is -0.116. The number of aliphatic hydroxyl groups is 1. The second-order valence-electron chi connectivity index (χ2n) is 3.98. The molecular weight excluding hydrogens is 206 g/mol. The minimum absolute atomic E-state index is 0.0316. The van der Waals surface area contributed by atoms with Crippen molar-refractivity contribution in [3.8, 4) is 0 Å². The molecule has 0 aliphatic carbocycles. The van der Waals surface area contributed by atoms with Crippen LogP contribution in [0.1, 0.15) is 39.2 Å². The van der Waals surface area contributed by atoms with Crippen LogP contribution in [0.5, 0.6) is 0 Å². The van der Waals surface area contributed by atoms with E-state index >= 15 is 0 Å². The Kier molecular flexibility index (Phi) is 4.98. The third-order valence-corrected chi connectivity index (χ3v) is 2.24. The van der Waals surface area contributed by atoms with Gasteiger partial charge in [-0.05, 0) is 26.7 Å². The Balaban J connectivity index is 2.46. The fourth-order valence-corrected chi connectivity index (χ4v) is 1.43. The van der Waals surface area contributed by atoms with E-state index in [-0.39, 0.29) is 18.6 Å². The van der Waals surface area contributed by atoms with Gasteiger partial charge in [-0.25, -0.2) is 4.68 Å². The number of hydrogen-bond acceptors (Lipinski definition) is 3. The topological polar surface area (TPSA) is 67.2 Å². The normalized spacial score (nSPS) is 10.8. The van der Waals surface area contributed by atoms with Crippen molar-refractivity contribution in [1.82, 2.24) is 9.78 Å². The van der Waals surface area contributed by atoms with Crippen molar-refractivity contribution in [3.63, 3.8) is 0 Å². The third-order valence-electron chi connectivity index (χ3n) is 2.24. The maximum atomic E-state index is 11.5. The minimum atomic E-state index is -0.0316. The van der Waals surface area contributed by atoms with Gasteiger partial charge in [0.05, 0.1) is 6.20 Å². The standard InChI is InChI=1S/C11H19N3O2/c1-9(2)14-10(6-7-12-14)13-11(16)5-3-4-8-15/h6-7,9,15H,3-5,8H2,1-2H3,(H,13,16). The Morgan fingerprint density at radius 3 is 2.94 bits per heavy atom. The predicted molar refractivity (Wildman–Crippen MR) is 62.2 cm³/mol. The second-order valence-corrected chi connectivity index (χ2v) is 3.98. The van der Waals surface area contributed by atoms with Gasteiger partial charge in [0, 0.05) is 25.1 Å². The van der Waals surface area contributed by atoms with Gasteiger partial charge in [0.1, 0.15) is 5.82 Å². The summed E-state index contributed by atoms with van der Waals surface area (Å²) in [4.78, 5) is 11.5. The number of nitrogens with zero attached hydrogens (tertiary/aromatic N) is 2. The number of aromatic nitrogens is 2. The van der Waals surface area contributed by atoms with Crippen molar-refractivity contribution < 1.29 is 9.90 Å². The summed E-state index contributed by atoms with van der Waals surface area (Å²) in [5.74, 6) is 0.694. The number of aliphatic hydroxyl groups excluding tert-OH is 1. The van der Waals surface area contributed by atoms with Crippen LogP contribution in [-0.2, 0) is 4.79 Å². The van der Waals surface area contributed by atoms with Crippen molar-refractivity contribution in [1.29, 1.82) is 0 Å². The molecule has 0 spiro atoms. The number of nitrogens with one attached hydrogen (secondary N) is 1. The number of unbranched alkanes of at least 4 members (excludes halogenated alkanes) is 1. The van der Waals surface area contributed by atoms with Gasteiger partial charge in [0.25, 0.3) is 0 Å². The molecule has 0 saturated carbocycles. The molecule has 1 amide bonds. The Morgan fingerprint density at radius 2 is 2.31 bits per heavy atom. The number of amides is 1. The lowest BCUT2D eigenvalue weighted by Crippen LogP contribution is -2.16. The van der Waals surface area contributed by atoms with E-state index < -0.39 is 0 Å². The molecule has 0 bridgehead atoms. The van der Waals surface area contributed by atoms with E-state index in [1.165, 1.54) is 0 Å². The van der Waals surface area contributed by atoms with Gasteiger partial charge >= 0.3 is 0 Å². The average molecular weight is 225 g/mol. The van der Waals surface area contributed by atoms with Crippen LogP contribution in [0.2, 0.25) is 0 Å². The van der Waals surface area contributed by atoms with Gasteiger partial charge in [-0.3, -0.25) is 4.79 Å². The predicted octanol–water partition coefficient (Wildman–Crippen LogP) is 1.57. The monoisotopic (exact) mass is 225 g/mol. The quantitative estimate of drug-likeness (QED) is 0.722. The van der Waals surface area contributed by atoms with Crippen molar-refractivity contribution in [2.75, 3.05) is 11.9 Å². The highest BCUT2D eigenvalue weighted by molar-refractivity contribution is 5.89. The molecular formula is C11H19N3O2. The van der Waals surface area contributed by atoms with Crippen LogP contribution in [0.15, 0.2) is 12.3 Å². The van der Waals surface area contributed by atoms with E-state index in [2.05, 4.69) is 10.4 Å². The summed E-state index contributed by atoms with van der Waals surface area (Å²) in [6.45, 7) is 4.15. The molecule has 5 nitrogen and oxygen atoms in total. The van der Waals surface area contributed by atoms with Gasteiger partial charge in [-0.2, -0.15) is 5.10 Å². The first-order chi connectivity index (χ1) is 7.65. The van der Waals surface area contributed by atoms with Crippen LogP contribution in [0.25, 0.3) is 0 Å². The third kappa shape index (κ3) is 3.66. The maximum absolute atomic E-state index is 11.5. The molecule has 16 heavy (non-hydrogen) atoms. The van der Waals surface area contributed by atoms with Crippen molar-refractivity contribution in [3.05, 3.63) is 12.3 Å². The molecule has 0 aliphatic heterocycles. The zero-order chi connectivity index (χ0) is 12.0. The lowest BCUT2D eigenvalue weighted by atomic mass is 10.2. The molecule has 0 fully saturated rings. The first-order valence-electron chi connectivity index (χ1n) is 5.59. The first-order valence-corrected chi connectivity index (χ1v) is 5.59. The Morgan fingerprint density at radius 1 is 1.56 bits per heavy atom. The summed E-state index contributed by atoms with van der Waals surface area (Å²) in [6.07, 6.45) is 3.47. The van der Waals surface area contributed by atoms with Crippen molar-refractivity contribution in [2.45, 2.75) is 39.2 Å². The molecule has 2 N–H and O–H groups in total. The van der Waals surface area contributed by atoms with Crippen molar-refractivity contribution in [2.24, 2.45) is 0 Å². The number of carbonyl (C=O) groups excluding carboxylic acids is 1. The van der Waals surface area contributed by atoms with E-state index in [4.69, 9.17) is 5.11 Å². The Labute approximate surface area is 95.5 Å². The smallest absolute Gasteiger partial charge is 0.225 e. The van der Waals surface area contributed by atoms with E-state index in [0.717, 1.165) is 5.82 Å². The van der Waals surface area contributed by atoms with Crippen LogP contribution in [-0.4, -0.2) is 27.4 Å². The number of carbonyl (C=O) groups is 1. The number of rotatable bonds is 6. The van der Waals surface area contributed by atoms with Crippen LogP contribution in [0.3, 0.4) is 0 Å². The molecule has 1 aromatic rings. The second kappa shape index (κ2) is 6.27. The average Bonchev–Trinajstić information content (AvgIpc) is 2.66. The van der Waals surface area contributed by atoms with Crippen LogP contribution in [0.4, 0.5) is 5.82 Å². The Bertz CT molecular complexity index is 334. The molecule has 0 atom stereocenters. The van der Waals surface area contributed by atoms with Gasteiger partial charge in [-0.15, -0.1) is 0 Å². The zero-order valence-electron chi connectivity index (χ0n) is 9.81. The number of anilines is 1. The summed E-state index contributed by atoms with van der Waals surface area (Å²) < 4.78 is 1.77. The molecule has 0 aromatic carbocycles. The van der Waals surface area contributed by atoms with E-state index in [0.29, 0.717) is 19.3 Å². The molecule has 90 valence electrons. The van der Waals surface area contributed by atoms with Gasteiger partial charge in [0.2, 0.25) is 5.91 Å². The molecule has 1 heterocycles. The number of hydrogen-bond donors (Lipinski definition) is 2. The molecule has 1 rings (SSSR count). The van der Waals surface area contributed by atoms with Crippen LogP contribution in [0, 0.1) is 0 Å². The van der Waals surface area contributed by atoms with E-state index in [1.807, 2.05) is 13.8 Å². The van der Waals surface area contributed by atoms with Gasteiger partial charge < -0.3 is 10.4 Å². The molecule has 0 saturated heterocycles. The zero-order valence-corrected chi connectivity index (χ0v) is 9.81. The highest BCUT2D eigenvalue weighted by atomic mass is 16.3. The van der Waals surface area contributed by atoms with Crippen LogP contribution >= 0.6 is 0 Å². The maximum Gasteiger partial charge on any atom is 0.225 e. The summed E-state index contributed by atoms with van der Waals surface area (Å²) >= 11 is 0. The van der Waals surface area contributed by atoms with Crippen molar-refractivity contribution >= 4 is 11.7 Å². The summed E-state index contributed by atoms with van der Waals surface area (Å²) in [6, 6.07) is 2.01. The highest BCUT2D eigenvalue weighted by Gasteiger charge is 2.08. The summed E-state index contributed by atoms with van der Waals surface area (Å²) in [5, 5.41) is 15.5. The lowest BCUT2D eigenvalue weighted by Gasteiger charge is -2.11. The largest absolute Gasteiger partial charge is 0.396 e. The fraction of sp³-hybridized carbons (Fsp3) is 0.636. The molecule has 0 radical (unpaired) electrons. The minimum Gasteiger partial charge on any atom is -0.396 e. The highest BCUT2D eigenvalue weighted by Crippen LogP contribution is 2.13. The van der Waals surface area contributed by atoms with E-state index in [9.17, 15) is 4.79 Å². The van der Waals surface area contributed by atoms with Crippen LogP contribution < -0.4 is 5.32 Å². The summed E-state index contributed by atoms with van der Waals surface area (Å²) in [7, 11) is 0. The fourth-order valence-electron chi connectivity index (χ4n) is 1.43. The Hall–Kier alpha value is -1.36. The van der Waals surface area contributed by atoms with Gasteiger partial charge in [-0.1, -0.05) is 0 Å².